The van der Waals surface area contributed by atoms with Crippen molar-refractivity contribution in [3.8, 4) is 0 Å². The van der Waals surface area contributed by atoms with E-state index in [1.807, 2.05) is 0 Å². The number of carbonyl (C=O) groups is 3. The third-order valence-electron chi connectivity index (χ3n) is 15.2. The van der Waals surface area contributed by atoms with E-state index in [-0.39, 0.29) is 31.1 Å². The molecule has 0 amide bonds. The van der Waals surface area contributed by atoms with Crippen LogP contribution in [0, 0.1) is 0 Å². The standard InChI is InChI=1S/C73H130O6/c1-4-7-10-13-16-19-22-25-28-31-33-34-35-36-37-38-40-42-45-48-51-54-57-60-63-66-72(75)78-69-70(68-77-71(74)65-62-59-56-53-50-47-44-41-30-27-24-21-18-15-12-9-6-3)79-73(76)67-64-61-58-55-52-49-46-43-39-32-29-26-23-20-17-14-11-8-5-2/h7,10,16,19,25,27-28,30,33-34,36-37,70H,4-6,8-9,11-15,17-18,20-24,26,29,31-32,35,38-69H2,1-3H3/b10-7-,19-16-,28-25-,30-27-,34-33-,37-36-. The molecule has 0 fully saturated rings. The van der Waals surface area contributed by atoms with Gasteiger partial charge in [-0.25, -0.2) is 0 Å². The summed E-state index contributed by atoms with van der Waals surface area (Å²) in [7, 11) is 0. The number of allylic oxidation sites excluding steroid dienone is 12. The monoisotopic (exact) mass is 1100 g/mol. The van der Waals surface area contributed by atoms with E-state index in [0.29, 0.717) is 19.3 Å². The van der Waals surface area contributed by atoms with Gasteiger partial charge in [-0.2, -0.15) is 0 Å². The lowest BCUT2D eigenvalue weighted by atomic mass is 10.0. The predicted molar refractivity (Wildman–Crippen MR) is 344 cm³/mol. The minimum Gasteiger partial charge on any atom is -0.462 e. The first-order valence-electron chi connectivity index (χ1n) is 34.4. The molecular formula is C73H130O6. The lowest BCUT2D eigenvalue weighted by Crippen LogP contribution is -2.30. The molecule has 0 aliphatic rings. The molecule has 0 aromatic carbocycles. The SMILES string of the molecule is CC/C=C\C/C=C\C/C=C\C/C=C\C/C=C\CCCCCCCCCCCC(=O)OCC(COC(=O)CCCCCCCCC/C=C\CCCCCCCC)OC(=O)CCCCCCCCCCCCCCCCCCCCC. The summed E-state index contributed by atoms with van der Waals surface area (Å²) in [5.41, 5.74) is 0. The maximum atomic E-state index is 13.0. The first-order valence-corrected chi connectivity index (χ1v) is 34.4. The average molecular weight is 1100 g/mol. The molecule has 0 saturated heterocycles. The Balaban J connectivity index is 4.34. The van der Waals surface area contributed by atoms with Crippen LogP contribution in [0.2, 0.25) is 0 Å². The average Bonchev–Trinajstić information content (AvgIpc) is 3.45. The lowest BCUT2D eigenvalue weighted by Gasteiger charge is -2.18. The molecule has 0 radical (unpaired) electrons. The lowest BCUT2D eigenvalue weighted by molar-refractivity contribution is -0.167. The molecule has 0 saturated carbocycles. The first kappa shape index (κ1) is 75.8. The van der Waals surface area contributed by atoms with Crippen molar-refractivity contribution in [2.24, 2.45) is 0 Å². The molecule has 1 atom stereocenters. The van der Waals surface area contributed by atoms with Crippen molar-refractivity contribution >= 4 is 17.9 Å². The highest BCUT2D eigenvalue weighted by Gasteiger charge is 2.19. The van der Waals surface area contributed by atoms with Gasteiger partial charge in [-0.1, -0.05) is 318 Å². The maximum Gasteiger partial charge on any atom is 0.306 e. The molecule has 458 valence electrons. The minimum atomic E-state index is -0.779. The van der Waals surface area contributed by atoms with Crippen LogP contribution >= 0.6 is 0 Å². The molecule has 6 heteroatoms. The van der Waals surface area contributed by atoms with Gasteiger partial charge in [0.1, 0.15) is 13.2 Å². The highest BCUT2D eigenvalue weighted by molar-refractivity contribution is 5.71. The largest absolute Gasteiger partial charge is 0.462 e. The fraction of sp³-hybridized carbons (Fsp3) is 0.795. The summed E-state index contributed by atoms with van der Waals surface area (Å²) >= 11 is 0. The molecule has 0 aliphatic heterocycles. The Morgan fingerprint density at radius 1 is 0.266 bits per heavy atom. The molecule has 1 unspecified atom stereocenters. The van der Waals surface area contributed by atoms with Crippen LogP contribution in [0.15, 0.2) is 72.9 Å². The normalized spacial score (nSPS) is 12.5. The Bertz CT molecular complexity index is 1450. The molecule has 0 aliphatic carbocycles. The Morgan fingerprint density at radius 2 is 0.494 bits per heavy atom. The van der Waals surface area contributed by atoms with Crippen molar-refractivity contribution in [3.63, 3.8) is 0 Å². The third kappa shape index (κ3) is 65.5. The summed E-state index contributed by atoms with van der Waals surface area (Å²) in [6, 6.07) is 0. The number of rotatable bonds is 63. The van der Waals surface area contributed by atoms with E-state index in [9.17, 15) is 14.4 Å². The topological polar surface area (TPSA) is 78.9 Å². The fourth-order valence-corrected chi connectivity index (χ4v) is 10.1. The van der Waals surface area contributed by atoms with Crippen molar-refractivity contribution in [2.45, 2.75) is 361 Å². The van der Waals surface area contributed by atoms with Crippen molar-refractivity contribution < 1.29 is 28.6 Å². The molecular weight excluding hydrogens is 973 g/mol. The smallest absolute Gasteiger partial charge is 0.306 e. The minimum absolute atomic E-state index is 0.0756. The van der Waals surface area contributed by atoms with Gasteiger partial charge in [0.15, 0.2) is 6.10 Å². The maximum absolute atomic E-state index is 13.0. The van der Waals surface area contributed by atoms with Crippen LogP contribution in [-0.4, -0.2) is 37.2 Å². The van der Waals surface area contributed by atoms with E-state index in [4.69, 9.17) is 14.2 Å². The van der Waals surface area contributed by atoms with Crippen molar-refractivity contribution in [1.82, 2.24) is 0 Å². The number of ether oxygens (including phenoxy) is 3. The van der Waals surface area contributed by atoms with Crippen LogP contribution in [0.25, 0.3) is 0 Å². The van der Waals surface area contributed by atoms with E-state index < -0.39 is 6.10 Å². The van der Waals surface area contributed by atoms with Gasteiger partial charge in [-0.3, -0.25) is 14.4 Å². The molecule has 0 spiro atoms. The molecule has 0 heterocycles. The van der Waals surface area contributed by atoms with Crippen LogP contribution < -0.4 is 0 Å². The van der Waals surface area contributed by atoms with Crippen molar-refractivity contribution in [1.29, 1.82) is 0 Å². The highest BCUT2D eigenvalue weighted by Crippen LogP contribution is 2.18. The Morgan fingerprint density at radius 3 is 0.785 bits per heavy atom. The van der Waals surface area contributed by atoms with E-state index in [2.05, 4.69) is 93.7 Å². The fourth-order valence-electron chi connectivity index (χ4n) is 10.1. The molecule has 0 bridgehead atoms. The van der Waals surface area contributed by atoms with Gasteiger partial charge in [-0.15, -0.1) is 0 Å². The Hall–Kier alpha value is -3.15. The number of hydrogen-bond donors (Lipinski definition) is 0. The number of unbranched alkanes of at least 4 members (excludes halogenated alkanes) is 40. The van der Waals surface area contributed by atoms with E-state index in [1.54, 1.807) is 0 Å². The highest BCUT2D eigenvalue weighted by atomic mass is 16.6. The van der Waals surface area contributed by atoms with Crippen LogP contribution in [0.1, 0.15) is 355 Å². The van der Waals surface area contributed by atoms with Crippen LogP contribution in [0.5, 0.6) is 0 Å². The summed E-state index contributed by atoms with van der Waals surface area (Å²) in [5, 5.41) is 0. The Labute approximate surface area is 491 Å². The third-order valence-corrected chi connectivity index (χ3v) is 15.2. The second-order valence-corrected chi connectivity index (χ2v) is 23.1. The molecule has 0 aromatic heterocycles. The van der Waals surface area contributed by atoms with Crippen LogP contribution in [-0.2, 0) is 28.6 Å². The zero-order valence-electron chi connectivity index (χ0n) is 52.6. The number of esters is 3. The molecule has 0 rings (SSSR count). The van der Waals surface area contributed by atoms with Crippen molar-refractivity contribution in [2.75, 3.05) is 13.2 Å². The molecule has 79 heavy (non-hydrogen) atoms. The van der Waals surface area contributed by atoms with Gasteiger partial charge in [0.05, 0.1) is 0 Å². The first-order chi connectivity index (χ1) is 39.0. The van der Waals surface area contributed by atoms with Gasteiger partial charge in [-0.05, 0) is 89.9 Å². The molecule has 0 N–H and O–H groups in total. The van der Waals surface area contributed by atoms with E-state index >= 15 is 0 Å². The van der Waals surface area contributed by atoms with Gasteiger partial charge in [0.2, 0.25) is 0 Å². The predicted octanol–water partition coefficient (Wildman–Crippen LogP) is 23.7. The van der Waals surface area contributed by atoms with Gasteiger partial charge in [0, 0.05) is 19.3 Å². The molecule has 0 aromatic rings. The number of carbonyl (C=O) groups excluding carboxylic acids is 3. The summed E-state index contributed by atoms with van der Waals surface area (Å²) in [4.78, 5) is 38.4. The molecule has 6 nitrogen and oxygen atoms in total. The summed E-state index contributed by atoms with van der Waals surface area (Å²) in [5.74, 6) is -0.863. The zero-order chi connectivity index (χ0) is 57.1. The number of hydrogen-bond acceptors (Lipinski definition) is 6. The second kappa shape index (κ2) is 67.4. The Kier molecular flexibility index (Phi) is 64.7. The van der Waals surface area contributed by atoms with Crippen LogP contribution in [0.3, 0.4) is 0 Å². The van der Waals surface area contributed by atoms with E-state index in [1.165, 1.54) is 218 Å². The summed E-state index contributed by atoms with van der Waals surface area (Å²) in [6.07, 6.45) is 87.7. The van der Waals surface area contributed by atoms with Gasteiger partial charge < -0.3 is 14.2 Å². The van der Waals surface area contributed by atoms with E-state index in [0.717, 1.165) is 96.3 Å². The quantitative estimate of drug-likeness (QED) is 0.0261. The summed E-state index contributed by atoms with van der Waals surface area (Å²) in [6.45, 7) is 6.57. The van der Waals surface area contributed by atoms with Crippen molar-refractivity contribution in [3.05, 3.63) is 72.9 Å². The zero-order valence-corrected chi connectivity index (χ0v) is 52.6. The van der Waals surface area contributed by atoms with Crippen LogP contribution in [0.4, 0.5) is 0 Å². The van der Waals surface area contributed by atoms with Gasteiger partial charge in [0.25, 0.3) is 0 Å². The van der Waals surface area contributed by atoms with Gasteiger partial charge >= 0.3 is 17.9 Å². The second-order valence-electron chi connectivity index (χ2n) is 23.1. The summed E-state index contributed by atoms with van der Waals surface area (Å²) < 4.78 is 17.0.